The summed E-state index contributed by atoms with van der Waals surface area (Å²) in [5.41, 5.74) is 2.88. The van der Waals surface area contributed by atoms with Crippen LogP contribution in [0, 0.1) is 6.92 Å². The van der Waals surface area contributed by atoms with E-state index in [1.807, 2.05) is 54.2 Å². The minimum absolute atomic E-state index is 0.386. The Morgan fingerprint density at radius 3 is 2.62 bits per heavy atom. The van der Waals surface area contributed by atoms with E-state index in [2.05, 4.69) is 10.1 Å². The summed E-state index contributed by atoms with van der Waals surface area (Å²) in [6.45, 7) is 1.96. The van der Waals surface area contributed by atoms with E-state index >= 15 is 0 Å². The molecule has 106 valence electrons. The van der Waals surface area contributed by atoms with Gasteiger partial charge in [0, 0.05) is 25.3 Å². The molecule has 0 N–H and O–H groups in total. The Hall–Kier alpha value is -2.18. The van der Waals surface area contributed by atoms with E-state index < -0.39 is 0 Å². The van der Waals surface area contributed by atoms with Crippen LogP contribution in [0.3, 0.4) is 0 Å². The summed E-state index contributed by atoms with van der Waals surface area (Å²) >= 11 is 0. The van der Waals surface area contributed by atoms with Crippen LogP contribution in [0.15, 0.2) is 42.6 Å². The van der Waals surface area contributed by atoms with Gasteiger partial charge in [-0.3, -0.25) is 0 Å². The zero-order chi connectivity index (χ0) is 14.8. The van der Waals surface area contributed by atoms with Crippen molar-refractivity contribution in [2.24, 2.45) is 0 Å². The normalized spacial score (nSPS) is 11.0. The highest BCUT2D eigenvalue weighted by Gasteiger charge is 2.19. The third-order valence-electron chi connectivity index (χ3n) is 3.39. The monoisotopic (exact) mass is 281 g/mol. The number of fused-ring (bicyclic) bond motifs is 1. The smallest absolute Gasteiger partial charge is 0.410 e. The average Bonchev–Trinajstić information content (AvgIpc) is 2.92. The van der Waals surface area contributed by atoms with Crippen molar-refractivity contribution in [2.45, 2.75) is 6.92 Å². The fourth-order valence-corrected chi connectivity index (χ4v) is 2.38. The highest BCUT2D eigenvalue weighted by Crippen LogP contribution is 2.16. The lowest BCUT2D eigenvalue weighted by atomic mass is 9.79. The van der Waals surface area contributed by atoms with E-state index in [9.17, 15) is 0 Å². The van der Waals surface area contributed by atoms with Crippen molar-refractivity contribution in [1.29, 1.82) is 0 Å². The highest BCUT2D eigenvalue weighted by atomic mass is 16.6. The molecule has 0 radical (unpaired) electrons. The van der Waals surface area contributed by atoms with Crippen molar-refractivity contribution in [3.05, 3.63) is 48.3 Å². The largest absolute Gasteiger partial charge is 0.493 e. The Morgan fingerprint density at radius 1 is 1.10 bits per heavy atom. The molecule has 0 saturated carbocycles. The van der Waals surface area contributed by atoms with Gasteiger partial charge in [0.05, 0.1) is 11.7 Å². The number of benzene rings is 1. The van der Waals surface area contributed by atoms with Crippen LogP contribution in [0.25, 0.3) is 16.7 Å². The van der Waals surface area contributed by atoms with Crippen LogP contribution in [0.5, 0.6) is 0 Å². The molecule has 5 nitrogen and oxygen atoms in total. The molecular formula is C15H16BN3O2. The maximum absolute atomic E-state index is 5.31. The van der Waals surface area contributed by atoms with Gasteiger partial charge in [-0.05, 0) is 30.6 Å². The first-order chi connectivity index (χ1) is 10.2. The van der Waals surface area contributed by atoms with E-state index in [1.54, 1.807) is 14.2 Å². The highest BCUT2D eigenvalue weighted by molar-refractivity contribution is 6.61. The van der Waals surface area contributed by atoms with Crippen LogP contribution in [0.4, 0.5) is 0 Å². The summed E-state index contributed by atoms with van der Waals surface area (Å²) in [5, 5.41) is 5.48. The topological polar surface area (TPSA) is 49.2 Å². The number of pyridine rings is 1. The van der Waals surface area contributed by atoms with Crippen LogP contribution in [-0.4, -0.2) is 36.1 Å². The van der Waals surface area contributed by atoms with Gasteiger partial charge in [0.25, 0.3) is 0 Å². The second-order valence-corrected chi connectivity index (χ2v) is 4.82. The molecular weight excluding hydrogens is 265 g/mol. The second kappa shape index (κ2) is 5.67. The Balaban J connectivity index is 2.14. The number of rotatable bonds is 4. The summed E-state index contributed by atoms with van der Waals surface area (Å²) < 4.78 is 12.4. The Morgan fingerprint density at radius 2 is 1.90 bits per heavy atom. The SMILES string of the molecule is COB(OC)c1ccc2cnn(-c3cccc(C)n3)c2c1. The van der Waals surface area contributed by atoms with Crippen molar-refractivity contribution in [3.63, 3.8) is 0 Å². The predicted octanol–water partition coefficient (Wildman–Crippen LogP) is 1.72. The maximum atomic E-state index is 5.31. The lowest BCUT2D eigenvalue weighted by molar-refractivity contribution is 0.292. The minimum Gasteiger partial charge on any atom is -0.410 e. The first-order valence-electron chi connectivity index (χ1n) is 6.70. The summed E-state index contributed by atoms with van der Waals surface area (Å²) in [6, 6.07) is 11.9. The number of hydrogen-bond donors (Lipinski definition) is 0. The molecule has 0 spiro atoms. The number of hydrogen-bond acceptors (Lipinski definition) is 4. The van der Waals surface area contributed by atoms with Crippen LogP contribution >= 0.6 is 0 Å². The third-order valence-corrected chi connectivity index (χ3v) is 3.39. The predicted molar refractivity (Wildman–Crippen MR) is 83.0 cm³/mol. The van der Waals surface area contributed by atoms with Crippen LogP contribution in [0.1, 0.15) is 5.69 Å². The van der Waals surface area contributed by atoms with Gasteiger partial charge in [-0.1, -0.05) is 18.2 Å². The molecule has 6 heteroatoms. The second-order valence-electron chi connectivity index (χ2n) is 4.82. The Bertz CT molecular complexity index is 768. The van der Waals surface area contributed by atoms with Gasteiger partial charge >= 0.3 is 7.12 Å². The van der Waals surface area contributed by atoms with E-state index in [4.69, 9.17) is 9.31 Å². The Labute approximate surface area is 123 Å². The molecule has 0 atom stereocenters. The van der Waals surface area contributed by atoms with Gasteiger partial charge in [0.2, 0.25) is 0 Å². The molecule has 3 rings (SSSR count). The lowest BCUT2D eigenvalue weighted by Crippen LogP contribution is -2.34. The first-order valence-corrected chi connectivity index (χ1v) is 6.70. The molecule has 21 heavy (non-hydrogen) atoms. The molecule has 0 amide bonds. The number of nitrogens with zero attached hydrogens (tertiary/aromatic N) is 3. The number of aromatic nitrogens is 3. The van der Waals surface area contributed by atoms with E-state index in [1.165, 1.54) is 0 Å². The molecule has 0 aliphatic rings. The van der Waals surface area contributed by atoms with E-state index in [0.29, 0.717) is 0 Å². The molecule has 2 aromatic heterocycles. The first kappa shape index (κ1) is 13.8. The maximum Gasteiger partial charge on any atom is 0.493 e. The van der Waals surface area contributed by atoms with Crippen LogP contribution in [0.2, 0.25) is 0 Å². The van der Waals surface area contributed by atoms with Crippen molar-refractivity contribution in [1.82, 2.24) is 14.8 Å². The average molecular weight is 281 g/mol. The van der Waals surface area contributed by atoms with E-state index in [0.717, 1.165) is 27.9 Å². The van der Waals surface area contributed by atoms with Gasteiger partial charge in [0.1, 0.15) is 0 Å². The van der Waals surface area contributed by atoms with Crippen molar-refractivity contribution in [3.8, 4) is 5.82 Å². The fraction of sp³-hybridized carbons (Fsp3) is 0.200. The van der Waals surface area contributed by atoms with Crippen LogP contribution < -0.4 is 5.46 Å². The van der Waals surface area contributed by atoms with Crippen molar-refractivity contribution < 1.29 is 9.31 Å². The molecule has 2 heterocycles. The molecule has 0 aliphatic heterocycles. The van der Waals surface area contributed by atoms with Gasteiger partial charge in [0.15, 0.2) is 5.82 Å². The van der Waals surface area contributed by atoms with Gasteiger partial charge in [-0.15, -0.1) is 0 Å². The summed E-state index contributed by atoms with van der Waals surface area (Å²) in [6.07, 6.45) is 1.83. The molecule has 0 fully saturated rings. The molecule has 1 aromatic carbocycles. The van der Waals surface area contributed by atoms with Crippen LogP contribution in [-0.2, 0) is 9.31 Å². The summed E-state index contributed by atoms with van der Waals surface area (Å²) in [5.74, 6) is 0.800. The zero-order valence-corrected chi connectivity index (χ0v) is 12.3. The van der Waals surface area contributed by atoms with Gasteiger partial charge in [-0.2, -0.15) is 5.10 Å². The molecule has 0 unspecified atom stereocenters. The quantitative estimate of drug-likeness (QED) is 0.683. The Kier molecular flexibility index (Phi) is 3.73. The van der Waals surface area contributed by atoms with Gasteiger partial charge < -0.3 is 9.31 Å². The standard InChI is InChI=1S/C15H16BN3O2/c1-11-5-4-6-15(18-11)19-14-9-13(16(20-2)21-3)8-7-12(14)10-17-19/h4-10H,1-3H3. The molecule has 0 aliphatic carbocycles. The number of aryl methyl sites for hydroxylation is 1. The molecule has 0 saturated heterocycles. The molecule has 3 aromatic rings. The summed E-state index contributed by atoms with van der Waals surface area (Å²) in [7, 11) is 2.86. The third kappa shape index (κ3) is 2.55. The fourth-order valence-electron chi connectivity index (χ4n) is 2.38. The van der Waals surface area contributed by atoms with Gasteiger partial charge in [-0.25, -0.2) is 9.67 Å². The summed E-state index contributed by atoms with van der Waals surface area (Å²) in [4.78, 5) is 4.52. The van der Waals surface area contributed by atoms with Crippen molar-refractivity contribution >= 4 is 23.5 Å². The lowest BCUT2D eigenvalue weighted by Gasteiger charge is -2.09. The molecule has 0 bridgehead atoms. The zero-order valence-electron chi connectivity index (χ0n) is 12.3. The van der Waals surface area contributed by atoms with Crippen molar-refractivity contribution in [2.75, 3.05) is 14.2 Å². The minimum atomic E-state index is -0.386. The van der Waals surface area contributed by atoms with E-state index in [-0.39, 0.29) is 7.12 Å².